The predicted octanol–water partition coefficient (Wildman–Crippen LogP) is 3.12. The average molecular weight is 268 g/mol. The first kappa shape index (κ1) is 14.9. The summed E-state index contributed by atoms with van der Waals surface area (Å²) in [6.07, 6.45) is -2.68. The minimum absolute atomic E-state index is 0.00637. The highest BCUT2D eigenvalue weighted by Crippen LogP contribution is 2.16. The van der Waals surface area contributed by atoms with Crippen molar-refractivity contribution in [2.45, 2.75) is 38.7 Å². The fourth-order valence-electron chi connectivity index (χ4n) is 1.53. The summed E-state index contributed by atoms with van der Waals surface area (Å²) in [6, 6.07) is 0.988. The van der Waals surface area contributed by atoms with E-state index < -0.39 is 35.6 Å². The van der Waals surface area contributed by atoms with Crippen molar-refractivity contribution in [2.75, 3.05) is 0 Å². The first-order valence-electron chi connectivity index (χ1n) is 5.73. The van der Waals surface area contributed by atoms with Crippen LogP contribution < -0.4 is 5.32 Å². The normalized spacial score (nSPS) is 14.6. The fraction of sp³-hybridized carbons (Fsp3) is 0.500. The van der Waals surface area contributed by atoms with Crippen molar-refractivity contribution < 1.29 is 27.3 Å². The lowest BCUT2D eigenvalue weighted by molar-refractivity contribution is -0.647. The summed E-state index contributed by atoms with van der Waals surface area (Å²) in [7, 11) is 0. The van der Waals surface area contributed by atoms with Gasteiger partial charge in [0.05, 0.1) is 0 Å². The Morgan fingerprint density at radius 1 is 1.17 bits per heavy atom. The van der Waals surface area contributed by atoms with Gasteiger partial charge in [-0.2, -0.15) is 8.78 Å². The van der Waals surface area contributed by atoms with Crippen molar-refractivity contribution in [2.24, 2.45) is 0 Å². The Morgan fingerprint density at radius 2 is 1.83 bits per heavy atom. The topological polar surface area (TPSA) is 16.6 Å². The summed E-state index contributed by atoms with van der Waals surface area (Å²) >= 11 is 0. The van der Waals surface area contributed by atoms with Crippen molar-refractivity contribution in [3.8, 4) is 0 Å². The number of hydrogen-bond acceptors (Lipinski definition) is 0. The quantitative estimate of drug-likeness (QED) is 0.353. The molecule has 2 unspecified atom stereocenters. The van der Waals surface area contributed by atoms with Gasteiger partial charge in [-0.25, -0.2) is 13.2 Å². The van der Waals surface area contributed by atoms with Crippen LogP contribution in [-0.2, 0) is 0 Å². The lowest BCUT2D eigenvalue weighted by atomic mass is 10.1. The number of alkyl halides is 2. The van der Waals surface area contributed by atoms with Crippen molar-refractivity contribution in [1.82, 2.24) is 0 Å². The summed E-state index contributed by atoms with van der Waals surface area (Å²) in [5.41, 5.74) is -0.598. The molecule has 1 nitrogen and oxygen atoms in total. The molecule has 0 amide bonds. The number of nitrogens with two attached hydrogens (primary N) is 1. The van der Waals surface area contributed by atoms with E-state index in [1.165, 1.54) is 0 Å². The summed E-state index contributed by atoms with van der Waals surface area (Å²) in [5.74, 6) is -3.82. The van der Waals surface area contributed by atoms with Gasteiger partial charge in [0, 0.05) is 12.1 Å². The van der Waals surface area contributed by atoms with Gasteiger partial charge in [0.2, 0.25) is 5.82 Å². The molecule has 0 heterocycles. The van der Waals surface area contributed by atoms with Crippen LogP contribution in [0.1, 0.15) is 26.2 Å². The van der Waals surface area contributed by atoms with Gasteiger partial charge in [-0.15, -0.1) is 0 Å². The zero-order valence-electron chi connectivity index (χ0n) is 9.90. The molecule has 0 spiro atoms. The SMILES string of the molecule is CCCCC(F)C(F)[NH2+]c1cc(F)cc(F)c1F. The van der Waals surface area contributed by atoms with Gasteiger partial charge in [0.1, 0.15) is 5.82 Å². The van der Waals surface area contributed by atoms with Crippen LogP contribution in [0.2, 0.25) is 0 Å². The standard InChI is InChI=1S/C12H14F5N/c1-2-3-4-8(14)12(17)18-10-6-7(13)5-9(15)11(10)16/h5-6,8,12,18H,2-4H2,1H3/p+1. The van der Waals surface area contributed by atoms with E-state index in [0.717, 1.165) is 0 Å². The van der Waals surface area contributed by atoms with Crippen LogP contribution in [0, 0.1) is 17.5 Å². The minimum Gasteiger partial charge on any atom is -0.280 e. The molecule has 0 fully saturated rings. The number of hydrogen-bond donors (Lipinski definition) is 1. The molecule has 0 bridgehead atoms. The molecule has 18 heavy (non-hydrogen) atoms. The maximum atomic E-state index is 13.4. The van der Waals surface area contributed by atoms with Crippen molar-refractivity contribution in [1.29, 1.82) is 0 Å². The molecule has 0 radical (unpaired) electrons. The van der Waals surface area contributed by atoms with Crippen LogP contribution in [0.3, 0.4) is 0 Å². The first-order valence-corrected chi connectivity index (χ1v) is 5.73. The molecular weight excluding hydrogens is 253 g/mol. The van der Waals surface area contributed by atoms with Gasteiger partial charge in [-0.3, -0.25) is 5.32 Å². The highest BCUT2D eigenvalue weighted by atomic mass is 19.2. The molecule has 2 atom stereocenters. The molecule has 0 aromatic heterocycles. The lowest BCUT2D eigenvalue weighted by Gasteiger charge is -2.12. The van der Waals surface area contributed by atoms with Gasteiger partial charge >= 0.3 is 0 Å². The molecule has 102 valence electrons. The molecule has 2 N–H and O–H groups in total. The van der Waals surface area contributed by atoms with Gasteiger partial charge < -0.3 is 0 Å². The lowest BCUT2D eigenvalue weighted by Crippen LogP contribution is -2.85. The molecule has 0 saturated carbocycles. The summed E-state index contributed by atoms with van der Waals surface area (Å²) in [5, 5.41) is 0.571. The molecule has 0 aliphatic carbocycles. The Kier molecular flexibility index (Phi) is 5.53. The number of benzene rings is 1. The second kappa shape index (κ2) is 6.68. The molecular formula is C12H15F5N+. The Bertz CT molecular complexity index is 396. The highest BCUT2D eigenvalue weighted by Gasteiger charge is 2.26. The van der Waals surface area contributed by atoms with Crippen molar-refractivity contribution in [3.63, 3.8) is 0 Å². The number of halogens is 5. The third kappa shape index (κ3) is 3.94. The van der Waals surface area contributed by atoms with Crippen LogP contribution in [-0.4, -0.2) is 12.5 Å². The maximum absolute atomic E-state index is 13.4. The number of rotatable bonds is 6. The van der Waals surface area contributed by atoms with Crippen LogP contribution in [0.5, 0.6) is 0 Å². The van der Waals surface area contributed by atoms with Gasteiger partial charge in [-0.1, -0.05) is 19.8 Å². The minimum atomic E-state index is -2.08. The maximum Gasteiger partial charge on any atom is 0.264 e. The van der Waals surface area contributed by atoms with Gasteiger partial charge in [-0.05, 0) is 6.42 Å². The second-order valence-electron chi connectivity index (χ2n) is 4.06. The predicted molar refractivity (Wildman–Crippen MR) is 57.2 cm³/mol. The van der Waals surface area contributed by atoms with Crippen molar-refractivity contribution >= 4 is 5.69 Å². The molecule has 0 aliphatic rings. The molecule has 1 aromatic rings. The molecule has 0 saturated heterocycles. The number of quaternary nitrogens is 1. The second-order valence-corrected chi connectivity index (χ2v) is 4.06. The molecule has 0 aliphatic heterocycles. The van der Waals surface area contributed by atoms with Crippen LogP contribution >= 0.6 is 0 Å². The van der Waals surface area contributed by atoms with E-state index in [2.05, 4.69) is 0 Å². The van der Waals surface area contributed by atoms with Crippen LogP contribution in [0.4, 0.5) is 27.6 Å². The van der Waals surface area contributed by atoms with Crippen LogP contribution in [0.15, 0.2) is 12.1 Å². The fourth-order valence-corrected chi connectivity index (χ4v) is 1.53. The number of unbranched alkanes of at least 4 members (excludes halogenated alkanes) is 1. The van der Waals surface area contributed by atoms with E-state index in [4.69, 9.17) is 0 Å². The Labute approximate surface area is 102 Å². The van der Waals surface area contributed by atoms with E-state index in [1.54, 1.807) is 0 Å². The van der Waals surface area contributed by atoms with E-state index in [-0.39, 0.29) is 6.42 Å². The summed E-state index contributed by atoms with van der Waals surface area (Å²) < 4.78 is 65.6. The molecule has 1 aromatic carbocycles. The van der Waals surface area contributed by atoms with Gasteiger partial charge in [0.15, 0.2) is 17.7 Å². The van der Waals surface area contributed by atoms with E-state index in [1.807, 2.05) is 6.92 Å². The average Bonchev–Trinajstić information content (AvgIpc) is 2.32. The molecule has 1 rings (SSSR count). The summed E-state index contributed by atoms with van der Waals surface area (Å²) in [4.78, 5) is 0. The van der Waals surface area contributed by atoms with Gasteiger partial charge in [0.25, 0.3) is 6.30 Å². The Balaban J connectivity index is 2.72. The summed E-state index contributed by atoms with van der Waals surface area (Å²) in [6.45, 7) is 1.82. The zero-order valence-corrected chi connectivity index (χ0v) is 9.90. The zero-order chi connectivity index (χ0) is 13.7. The smallest absolute Gasteiger partial charge is 0.264 e. The van der Waals surface area contributed by atoms with E-state index in [9.17, 15) is 22.0 Å². The Hall–Kier alpha value is -1.17. The van der Waals surface area contributed by atoms with Crippen LogP contribution in [0.25, 0.3) is 0 Å². The van der Waals surface area contributed by atoms with E-state index in [0.29, 0.717) is 30.3 Å². The molecule has 6 heteroatoms. The van der Waals surface area contributed by atoms with Crippen molar-refractivity contribution in [3.05, 3.63) is 29.6 Å². The first-order chi connectivity index (χ1) is 8.45. The Morgan fingerprint density at radius 3 is 2.44 bits per heavy atom. The monoisotopic (exact) mass is 268 g/mol. The largest absolute Gasteiger partial charge is 0.280 e. The van der Waals surface area contributed by atoms with E-state index >= 15 is 0 Å². The third-order valence-electron chi connectivity index (χ3n) is 2.54. The third-order valence-corrected chi connectivity index (χ3v) is 2.54. The highest BCUT2D eigenvalue weighted by molar-refractivity contribution is 5.31.